The van der Waals surface area contributed by atoms with Gasteiger partial charge in [-0.2, -0.15) is 0 Å². The first-order valence-electron chi connectivity index (χ1n) is 6.94. The monoisotopic (exact) mass is 325 g/mol. The first-order chi connectivity index (χ1) is 10.5. The molecule has 1 atom stereocenters. The molecule has 0 radical (unpaired) electrons. The summed E-state index contributed by atoms with van der Waals surface area (Å²) < 4.78 is 31.5. The minimum Gasteiger partial charge on any atom is -0.481 e. The number of ether oxygens (including phenoxy) is 1. The third-order valence-corrected chi connectivity index (χ3v) is 4.03. The number of carbonyl (C=O) groups excluding carboxylic acids is 1. The Morgan fingerprint density at radius 1 is 1.32 bits per heavy atom. The van der Waals surface area contributed by atoms with E-state index in [0.717, 1.165) is 17.0 Å². The summed E-state index contributed by atoms with van der Waals surface area (Å²) in [4.78, 5) is 15.1. The van der Waals surface area contributed by atoms with Gasteiger partial charge in [0.25, 0.3) is 5.91 Å². The summed E-state index contributed by atoms with van der Waals surface area (Å²) in [5.74, 6) is -2.00. The number of amides is 1. The second kappa shape index (κ2) is 7.35. The number of halogens is 2. The van der Waals surface area contributed by atoms with E-state index in [4.69, 9.17) is 4.74 Å². The Kier molecular flexibility index (Phi) is 5.49. The molecule has 0 fully saturated rings. The van der Waals surface area contributed by atoms with Crippen molar-refractivity contribution in [1.82, 2.24) is 4.90 Å². The maximum atomic E-state index is 13.2. The molecule has 0 aliphatic heterocycles. The number of likely N-dealkylation sites (N-methyl/N-ethyl adjacent to an activating group) is 1. The van der Waals surface area contributed by atoms with Crippen LogP contribution in [0, 0.1) is 11.6 Å². The third kappa shape index (κ3) is 4.04. The van der Waals surface area contributed by atoms with Crippen LogP contribution in [0.1, 0.15) is 18.7 Å². The maximum Gasteiger partial charge on any atom is 0.263 e. The Bertz CT molecular complexity index is 631. The molecular weight excluding hydrogens is 308 g/mol. The van der Waals surface area contributed by atoms with Crippen molar-refractivity contribution in [3.8, 4) is 5.75 Å². The highest BCUT2D eigenvalue weighted by Gasteiger charge is 2.21. The Balaban J connectivity index is 2.01. The van der Waals surface area contributed by atoms with Crippen molar-refractivity contribution in [2.45, 2.75) is 26.5 Å². The van der Waals surface area contributed by atoms with Gasteiger partial charge in [-0.15, -0.1) is 11.3 Å². The zero-order valence-corrected chi connectivity index (χ0v) is 13.2. The summed E-state index contributed by atoms with van der Waals surface area (Å²) >= 11 is 1.58. The minimum atomic E-state index is -0.997. The predicted octanol–water partition coefficient (Wildman–Crippen LogP) is 3.84. The van der Waals surface area contributed by atoms with Crippen LogP contribution < -0.4 is 4.74 Å². The lowest BCUT2D eigenvalue weighted by Gasteiger charge is -2.24. The van der Waals surface area contributed by atoms with Crippen LogP contribution in [0.15, 0.2) is 35.7 Å². The molecule has 0 aliphatic carbocycles. The molecule has 0 saturated carbocycles. The van der Waals surface area contributed by atoms with Gasteiger partial charge in [-0.3, -0.25) is 4.79 Å². The largest absolute Gasteiger partial charge is 0.481 e. The summed E-state index contributed by atoms with van der Waals surface area (Å²) in [6.07, 6.45) is -0.773. The van der Waals surface area contributed by atoms with Crippen molar-refractivity contribution in [2.24, 2.45) is 0 Å². The lowest BCUT2D eigenvalue weighted by Crippen LogP contribution is -2.39. The average Bonchev–Trinajstić information content (AvgIpc) is 3.01. The number of thiophene rings is 1. The highest BCUT2D eigenvalue weighted by molar-refractivity contribution is 7.09. The van der Waals surface area contributed by atoms with Crippen molar-refractivity contribution < 1.29 is 18.3 Å². The van der Waals surface area contributed by atoms with Crippen LogP contribution in [0.4, 0.5) is 8.78 Å². The van der Waals surface area contributed by atoms with Gasteiger partial charge in [0.05, 0.1) is 6.54 Å². The number of nitrogens with zero attached hydrogens (tertiary/aromatic N) is 1. The number of hydrogen-bond donors (Lipinski definition) is 0. The van der Waals surface area contributed by atoms with Crippen LogP contribution in [-0.4, -0.2) is 23.5 Å². The number of rotatable bonds is 6. The molecule has 0 spiro atoms. The van der Waals surface area contributed by atoms with Crippen LogP contribution in [0.25, 0.3) is 0 Å². The first-order valence-corrected chi connectivity index (χ1v) is 7.82. The minimum absolute atomic E-state index is 0.131. The van der Waals surface area contributed by atoms with Gasteiger partial charge in [0, 0.05) is 17.5 Å². The lowest BCUT2D eigenvalue weighted by molar-refractivity contribution is -0.138. The van der Waals surface area contributed by atoms with Crippen molar-refractivity contribution >= 4 is 17.2 Å². The Morgan fingerprint density at radius 3 is 2.68 bits per heavy atom. The molecule has 1 unspecified atom stereocenters. The fourth-order valence-electron chi connectivity index (χ4n) is 2.00. The van der Waals surface area contributed by atoms with Gasteiger partial charge in [-0.1, -0.05) is 6.07 Å². The smallest absolute Gasteiger partial charge is 0.263 e. The molecule has 118 valence electrons. The predicted molar refractivity (Wildman–Crippen MR) is 81.9 cm³/mol. The van der Waals surface area contributed by atoms with Crippen LogP contribution in [-0.2, 0) is 11.3 Å². The highest BCUT2D eigenvalue weighted by atomic mass is 32.1. The Labute approximate surface area is 132 Å². The van der Waals surface area contributed by atoms with E-state index in [9.17, 15) is 13.6 Å². The molecule has 1 heterocycles. The van der Waals surface area contributed by atoms with E-state index in [2.05, 4.69) is 0 Å². The fourth-order valence-corrected chi connectivity index (χ4v) is 2.72. The van der Waals surface area contributed by atoms with Crippen LogP contribution in [0.2, 0.25) is 0 Å². The molecular formula is C16H17F2NO2S. The Hall–Kier alpha value is -1.95. The second-order valence-electron chi connectivity index (χ2n) is 4.77. The number of carbonyl (C=O) groups is 1. The fraction of sp³-hybridized carbons (Fsp3) is 0.312. The molecule has 0 saturated heterocycles. The molecule has 1 amide bonds. The molecule has 1 aromatic carbocycles. The van der Waals surface area contributed by atoms with E-state index in [1.54, 1.807) is 23.2 Å². The Morgan fingerprint density at radius 2 is 2.09 bits per heavy atom. The normalized spacial score (nSPS) is 12.0. The zero-order valence-electron chi connectivity index (χ0n) is 12.4. The molecule has 0 bridgehead atoms. The maximum absolute atomic E-state index is 13.2. The van der Waals surface area contributed by atoms with Gasteiger partial charge in [-0.25, -0.2) is 8.78 Å². The van der Waals surface area contributed by atoms with Crippen LogP contribution >= 0.6 is 11.3 Å². The van der Waals surface area contributed by atoms with Gasteiger partial charge >= 0.3 is 0 Å². The van der Waals surface area contributed by atoms with E-state index in [-0.39, 0.29) is 11.7 Å². The number of hydrogen-bond acceptors (Lipinski definition) is 3. The molecule has 3 nitrogen and oxygen atoms in total. The summed E-state index contributed by atoms with van der Waals surface area (Å²) in [5, 5.41) is 1.95. The van der Waals surface area contributed by atoms with Gasteiger partial charge in [-0.05, 0) is 37.4 Å². The van der Waals surface area contributed by atoms with Crippen molar-refractivity contribution in [3.63, 3.8) is 0 Å². The molecule has 2 aromatic rings. The summed E-state index contributed by atoms with van der Waals surface area (Å²) in [7, 11) is 0. The summed E-state index contributed by atoms with van der Waals surface area (Å²) in [6.45, 7) is 4.54. The molecule has 6 heteroatoms. The molecule has 2 rings (SSSR count). The van der Waals surface area contributed by atoms with Gasteiger partial charge in [0.1, 0.15) is 5.75 Å². The van der Waals surface area contributed by atoms with Crippen LogP contribution in [0.3, 0.4) is 0 Å². The highest BCUT2D eigenvalue weighted by Crippen LogP contribution is 2.18. The average molecular weight is 325 g/mol. The van der Waals surface area contributed by atoms with E-state index in [0.29, 0.717) is 13.1 Å². The van der Waals surface area contributed by atoms with E-state index < -0.39 is 17.7 Å². The van der Waals surface area contributed by atoms with E-state index in [1.807, 2.05) is 24.4 Å². The van der Waals surface area contributed by atoms with Gasteiger partial charge in [0.2, 0.25) is 0 Å². The van der Waals surface area contributed by atoms with Crippen molar-refractivity contribution in [2.75, 3.05) is 6.54 Å². The molecule has 0 N–H and O–H groups in total. The van der Waals surface area contributed by atoms with E-state index in [1.165, 1.54) is 6.07 Å². The first kappa shape index (κ1) is 16.4. The van der Waals surface area contributed by atoms with Crippen molar-refractivity contribution in [3.05, 3.63) is 52.2 Å². The topological polar surface area (TPSA) is 29.5 Å². The summed E-state index contributed by atoms with van der Waals surface area (Å²) in [6, 6.07) is 7.11. The quantitative estimate of drug-likeness (QED) is 0.807. The molecule has 0 aliphatic rings. The van der Waals surface area contributed by atoms with Gasteiger partial charge in [0.15, 0.2) is 17.7 Å². The molecule has 1 aromatic heterocycles. The molecule has 22 heavy (non-hydrogen) atoms. The second-order valence-corrected chi connectivity index (χ2v) is 5.80. The standard InChI is InChI=1S/C16H17F2NO2S/c1-3-19(10-13-5-4-8-22-13)16(20)11(2)21-12-6-7-14(17)15(18)9-12/h4-9,11H,3,10H2,1-2H3. The number of benzene rings is 1. The van der Waals surface area contributed by atoms with Crippen molar-refractivity contribution in [1.29, 1.82) is 0 Å². The third-order valence-electron chi connectivity index (χ3n) is 3.17. The summed E-state index contributed by atoms with van der Waals surface area (Å²) in [5.41, 5.74) is 0. The SMILES string of the molecule is CCN(Cc1cccs1)C(=O)C(C)Oc1ccc(F)c(F)c1. The van der Waals surface area contributed by atoms with Crippen LogP contribution in [0.5, 0.6) is 5.75 Å². The van der Waals surface area contributed by atoms with E-state index >= 15 is 0 Å². The zero-order chi connectivity index (χ0) is 16.1. The van der Waals surface area contributed by atoms with Gasteiger partial charge < -0.3 is 9.64 Å². The lowest BCUT2D eigenvalue weighted by atomic mass is 10.3.